The highest BCUT2D eigenvalue weighted by atomic mass is 16.5. The summed E-state index contributed by atoms with van der Waals surface area (Å²) in [7, 11) is 0. The van der Waals surface area contributed by atoms with Crippen molar-refractivity contribution in [1.29, 1.82) is 0 Å². The Kier molecular flexibility index (Phi) is 5.05. The van der Waals surface area contributed by atoms with Crippen LogP contribution in [0.5, 0.6) is 11.5 Å². The highest BCUT2D eigenvalue weighted by Crippen LogP contribution is 2.64. The summed E-state index contributed by atoms with van der Waals surface area (Å²) in [6, 6.07) is 5.95. The van der Waals surface area contributed by atoms with Gasteiger partial charge in [0.15, 0.2) is 0 Å². The molecule has 1 fully saturated rings. The zero-order valence-electron chi connectivity index (χ0n) is 18.1. The molecule has 4 nitrogen and oxygen atoms in total. The van der Waals surface area contributed by atoms with Crippen molar-refractivity contribution in [3.05, 3.63) is 59.2 Å². The van der Waals surface area contributed by atoms with Crippen LogP contribution < -0.4 is 9.47 Å². The minimum atomic E-state index is -0.428. The monoisotopic (exact) mass is 404 g/mol. The number of ether oxygens (including phenoxy) is 2. The second-order valence-electron chi connectivity index (χ2n) is 8.67. The molecule has 2 aromatic carbocycles. The van der Waals surface area contributed by atoms with E-state index in [9.17, 15) is 9.59 Å². The molecule has 2 bridgehead atoms. The van der Waals surface area contributed by atoms with Crippen molar-refractivity contribution in [3.63, 3.8) is 0 Å². The van der Waals surface area contributed by atoms with Gasteiger partial charge in [-0.25, -0.2) is 9.59 Å². The van der Waals surface area contributed by atoms with Gasteiger partial charge in [0, 0.05) is 33.0 Å². The van der Waals surface area contributed by atoms with Gasteiger partial charge < -0.3 is 9.47 Å². The summed E-state index contributed by atoms with van der Waals surface area (Å²) >= 11 is 0. The highest BCUT2D eigenvalue weighted by Gasteiger charge is 2.48. The van der Waals surface area contributed by atoms with Crippen molar-refractivity contribution in [2.24, 2.45) is 5.92 Å². The first-order valence-corrected chi connectivity index (χ1v) is 10.6. The Morgan fingerprint density at radius 2 is 1.50 bits per heavy atom. The van der Waals surface area contributed by atoms with Crippen molar-refractivity contribution in [3.8, 4) is 11.5 Å². The number of fused-ring (bicyclic) bond motifs is 6. The lowest BCUT2D eigenvalue weighted by molar-refractivity contribution is -0.131. The first-order chi connectivity index (χ1) is 14.3. The molecule has 4 rings (SSSR count). The molecule has 2 aliphatic rings. The van der Waals surface area contributed by atoms with Gasteiger partial charge >= 0.3 is 11.9 Å². The third-order valence-corrected chi connectivity index (χ3v) is 6.67. The fraction of sp³-hybridized carbons (Fsp3) is 0.385. The molecule has 0 heterocycles. The van der Waals surface area contributed by atoms with Crippen LogP contribution in [0.1, 0.15) is 69.1 Å². The van der Waals surface area contributed by atoms with Gasteiger partial charge in [0.2, 0.25) is 0 Å². The van der Waals surface area contributed by atoms with Gasteiger partial charge in [0.05, 0.1) is 0 Å². The lowest BCUT2D eigenvalue weighted by Crippen LogP contribution is -2.15. The van der Waals surface area contributed by atoms with Gasteiger partial charge in [0.25, 0.3) is 0 Å². The van der Waals surface area contributed by atoms with E-state index >= 15 is 0 Å². The van der Waals surface area contributed by atoms with Gasteiger partial charge in [-0.1, -0.05) is 45.2 Å². The fourth-order valence-electron chi connectivity index (χ4n) is 5.17. The van der Waals surface area contributed by atoms with E-state index in [1.807, 2.05) is 18.2 Å². The van der Waals surface area contributed by atoms with Gasteiger partial charge in [-0.15, -0.1) is 0 Å². The molecule has 0 aromatic heterocycles. The standard InChI is InChI=1S/C26H28O4/c1-7-16-9-8-10-19-20(16)24(30-26(28)14(4)5)22-18-12-11-17(15(18)6)21(22)23(19)29-25(27)13(2)3/h8-10,15,17-18H,2,4,7,11-12H2,1,3,5-6H3. The second kappa shape index (κ2) is 7.42. The Hall–Kier alpha value is -2.88. The molecule has 2 aliphatic carbocycles. The van der Waals surface area contributed by atoms with Crippen LogP contribution >= 0.6 is 0 Å². The molecule has 2 aromatic rings. The number of carbonyl (C=O) groups is 2. The van der Waals surface area contributed by atoms with Crippen molar-refractivity contribution in [2.45, 2.75) is 58.8 Å². The summed E-state index contributed by atoms with van der Waals surface area (Å²) in [5.74, 6) is 1.36. The molecule has 0 spiro atoms. The van der Waals surface area contributed by atoms with Crippen LogP contribution in [-0.2, 0) is 16.0 Å². The molecule has 0 N–H and O–H groups in total. The summed E-state index contributed by atoms with van der Waals surface area (Å²) < 4.78 is 11.9. The molecule has 4 heteroatoms. The summed E-state index contributed by atoms with van der Waals surface area (Å²) in [5, 5.41) is 1.67. The molecule has 0 aliphatic heterocycles. The van der Waals surface area contributed by atoms with E-state index in [-0.39, 0.29) is 11.8 Å². The van der Waals surface area contributed by atoms with Gasteiger partial charge in [0.1, 0.15) is 11.5 Å². The SMILES string of the molecule is C=C(C)C(=O)Oc1c2c(c(OC(=O)C(=C)C)c3c(CC)cccc13)C1CCC2C1C. The Morgan fingerprint density at radius 3 is 2.03 bits per heavy atom. The van der Waals surface area contributed by atoms with Crippen LogP contribution in [0.25, 0.3) is 10.8 Å². The third-order valence-electron chi connectivity index (χ3n) is 6.67. The Labute approximate surface area is 177 Å². The van der Waals surface area contributed by atoms with Crippen LogP contribution in [0.2, 0.25) is 0 Å². The predicted molar refractivity (Wildman–Crippen MR) is 118 cm³/mol. The van der Waals surface area contributed by atoms with Crippen molar-refractivity contribution < 1.29 is 19.1 Å². The van der Waals surface area contributed by atoms with E-state index in [0.717, 1.165) is 46.7 Å². The van der Waals surface area contributed by atoms with E-state index in [1.54, 1.807) is 13.8 Å². The summed E-state index contributed by atoms with van der Waals surface area (Å²) in [6.45, 7) is 15.1. The summed E-state index contributed by atoms with van der Waals surface area (Å²) in [6.07, 6.45) is 2.86. The Balaban J connectivity index is 2.08. The molecule has 1 saturated carbocycles. The average Bonchev–Trinajstić information content (AvgIpc) is 3.22. The number of carbonyl (C=O) groups excluding carboxylic acids is 2. The van der Waals surface area contributed by atoms with E-state index < -0.39 is 11.9 Å². The molecular formula is C26H28O4. The van der Waals surface area contributed by atoms with Crippen LogP contribution in [0.3, 0.4) is 0 Å². The second-order valence-corrected chi connectivity index (χ2v) is 8.67. The topological polar surface area (TPSA) is 52.6 Å². The maximum absolute atomic E-state index is 12.6. The lowest BCUT2D eigenvalue weighted by atomic mass is 9.85. The minimum Gasteiger partial charge on any atom is -0.422 e. The fourth-order valence-corrected chi connectivity index (χ4v) is 5.17. The van der Waals surface area contributed by atoms with E-state index in [4.69, 9.17) is 9.47 Å². The largest absolute Gasteiger partial charge is 0.422 e. The number of aryl methyl sites for hydroxylation is 1. The zero-order chi connectivity index (χ0) is 21.7. The first-order valence-electron chi connectivity index (χ1n) is 10.6. The molecule has 156 valence electrons. The maximum atomic E-state index is 12.6. The van der Waals surface area contributed by atoms with Gasteiger partial charge in [-0.05, 0) is 56.4 Å². The van der Waals surface area contributed by atoms with Crippen LogP contribution in [0.4, 0.5) is 0 Å². The van der Waals surface area contributed by atoms with E-state index in [2.05, 4.69) is 27.0 Å². The first kappa shape index (κ1) is 20.4. The predicted octanol–water partition coefficient (Wildman–Crippen LogP) is 5.98. The molecule has 0 amide bonds. The van der Waals surface area contributed by atoms with Gasteiger partial charge in [-0.3, -0.25) is 0 Å². The average molecular weight is 405 g/mol. The lowest BCUT2D eigenvalue weighted by Gasteiger charge is -2.25. The van der Waals surface area contributed by atoms with Crippen molar-refractivity contribution >= 4 is 22.7 Å². The minimum absolute atomic E-state index is 0.287. The van der Waals surface area contributed by atoms with Crippen LogP contribution in [0.15, 0.2) is 42.5 Å². The molecule has 0 radical (unpaired) electrons. The molecule has 30 heavy (non-hydrogen) atoms. The zero-order valence-corrected chi connectivity index (χ0v) is 18.1. The third kappa shape index (κ3) is 2.97. The highest BCUT2D eigenvalue weighted by molar-refractivity contribution is 6.03. The maximum Gasteiger partial charge on any atom is 0.338 e. The number of benzene rings is 2. The summed E-state index contributed by atoms with van der Waals surface area (Å²) in [5.41, 5.74) is 3.84. The molecule has 3 atom stereocenters. The number of rotatable bonds is 5. The normalized spacial score (nSPS) is 21.4. The molecular weight excluding hydrogens is 376 g/mol. The van der Waals surface area contributed by atoms with Gasteiger partial charge in [-0.2, -0.15) is 0 Å². The smallest absolute Gasteiger partial charge is 0.338 e. The van der Waals surface area contributed by atoms with E-state index in [0.29, 0.717) is 28.6 Å². The van der Waals surface area contributed by atoms with Crippen LogP contribution in [0, 0.1) is 5.92 Å². The number of hydrogen-bond donors (Lipinski definition) is 0. The Morgan fingerprint density at radius 1 is 0.967 bits per heavy atom. The number of hydrogen-bond acceptors (Lipinski definition) is 4. The summed E-state index contributed by atoms with van der Waals surface area (Å²) in [4.78, 5) is 25.1. The molecule has 3 unspecified atom stereocenters. The Bertz CT molecular complexity index is 1110. The molecule has 0 saturated heterocycles. The quantitative estimate of drug-likeness (QED) is 0.350. The number of esters is 2. The van der Waals surface area contributed by atoms with E-state index in [1.165, 1.54) is 0 Å². The van der Waals surface area contributed by atoms with Crippen molar-refractivity contribution in [1.82, 2.24) is 0 Å². The van der Waals surface area contributed by atoms with Crippen molar-refractivity contribution in [2.75, 3.05) is 0 Å². The van der Waals surface area contributed by atoms with Crippen LogP contribution in [-0.4, -0.2) is 11.9 Å².